The van der Waals surface area contributed by atoms with E-state index in [0.717, 1.165) is 24.9 Å². The zero-order chi connectivity index (χ0) is 11.4. The summed E-state index contributed by atoms with van der Waals surface area (Å²) in [5, 5.41) is 2.97. The van der Waals surface area contributed by atoms with Gasteiger partial charge >= 0.3 is 0 Å². The third-order valence-corrected chi connectivity index (χ3v) is 2.78. The third-order valence-electron chi connectivity index (χ3n) is 2.78. The minimum Gasteiger partial charge on any atom is -0.344 e. The van der Waals surface area contributed by atoms with Crippen LogP contribution in [0.3, 0.4) is 0 Å². The van der Waals surface area contributed by atoms with Gasteiger partial charge in [0.05, 0.1) is 11.8 Å². The van der Waals surface area contributed by atoms with Gasteiger partial charge < -0.3 is 5.32 Å². The molecule has 1 aromatic carbocycles. The summed E-state index contributed by atoms with van der Waals surface area (Å²) in [6.07, 6.45) is 1.82. The second-order valence-corrected chi connectivity index (χ2v) is 4.04. The van der Waals surface area contributed by atoms with Crippen LogP contribution >= 0.6 is 0 Å². The number of aliphatic imine (C=N–C) groups is 1. The average Bonchev–Trinajstić information content (AvgIpc) is 2.83. The summed E-state index contributed by atoms with van der Waals surface area (Å²) in [7, 11) is 0. The van der Waals surface area contributed by atoms with Gasteiger partial charge in [0.2, 0.25) is 0 Å². The van der Waals surface area contributed by atoms with E-state index < -0.39 is 0 Å². The lowest BCUT2D eigenvalue weighted by Crippen LogP contribution is -2.32. The number of carbonyl (C=O) groups is 1. The van der Waals surface area contributed by atoms with E-state index in [0.29, 0.717) is 5.71 Å². The highest BCUT2D eigenvalue weighted by molar-refractivity contribution is 6.39. The van der Waals surface area contributed by atoms with Crippen molar-refractivity contribution >= 4 is 11.6 Å². The molecule has 0 spiro atoms. The number of benzene rings is 1. The van der Waals surface area contributed by atoms with E-state index in [9.17, 15) is 4.79 Å². The van der Waals surface area contributed by atoms with Crippen LogP contribution < -0.4 is 5.32 Å². The van der Waals surface area contributed by atoms with Gasteiger partial charge in [-0.05, 0) is 25.3 Å². The number of amides is 1. The van der Waals surface area contributed by atoms with Crippen molar-refractivity contribution in [2.45, 2.75) is 25.8 Å². The van der Waals surface area contributed by atoms with Gasteiger partial charge in [0.1, 0.15) is 0 Å². The summed E-state index contributed by atoms with van der Waals surface area (Å²) in [5.41, 5.74) is 1.82. The van der Waals surface area contributed by atoms with Crippen molar-refractivity contribution in [3.05, 3.63) is 35.9 Å². The number of rotatable bonds is 3. The lowest BCUT2D eigenvalue weighted by molar-refractivity contribution is -0.115. The zero-order valence-electron chi connectivity index (χ0n) is 9.44. The summed E-state index contributed by atoms with van der Waals surface area (Å²) < 4.78 is 0. The maximum Gasteiger partial charge on any atom is 0.265 e. The molecule has 0 bridgehead atoms. The average molecular weight is 216 g/mol. The first-order valence-corrected chi connectivity index (χ1v) is 5.66. The molecule has 0 saturated carbocycles. The Hall–Kier alpha value is -1.64. The first-order chi connectivity index (χ1) is 7.77. The maximum atomic E-state index is 11.8. The van der Waals surface area contributed by atoms with Crippen LogP contribution in [0, 0.1) is 0 Å². The summed E-state index contributed by atoms with van der Waals surface area (Å²) >= 11 is 0. The van der Waals surface area contributed by atoms with Crippen molar-refractivity contribution in [2.24, 2.45) is 4.99 Å². The SMILES string of the molecule is C[C@H](NC(=O)C1=NCCC1)c1ccccc1. The minimum atomic E-state index is -0.0196. The Balaban J connectivity index is 1.97. The van der Waals surface area contributed by atoms with Gasteiger partial charge in [-0.1, -0.05) is 30.3 Å². The van der Waals surface area contributed by atoms with Gasteiger partial charge in [-0.2, -0.15) is 0 Å². The number of hydrogen-bond donors (Lipinski definition) is 1. The normalized spacial score (nSPS) is 16.7. The van der Waals surface area contributed by atoms with Crippen LogP contribution in [0.5, 0.6) is 0 Å². The van der Waals surface area contributed by atoms with Crippen molar-refractivity contribution in [2.75, 3.05) is 6.54 Å². The molecule has 0 saturated heterocycles. The summed E-state index contributed by atoms with van der Waals surface area (Å²) in [6.45, 7) is 2.78. The Bertz CT molecular complexity index is 398. The smallest absolute Gasteiger partial charge is 0.265 e. The van der Waals surface area contributed by atoms with E-state index in [2.05, 4.69) is 10.3 Å². The fourth-order valence-electron chi connectivity index (χ4n) is 1.83. The molecular formula is C13H16N2O. The number of nitrogens with zero attached hydrogens (tertiary/aromatic N) is 1. The molecule has 0 aliphatic carbocycles. The number of carbonyl (C=O) groups excluding carboxylic acids is 1. The van der Waals surface area contributed by atoms with E-state index >= 15 is 0 Å². The Morgan fingerprint density at radius 3 is 2.75 bits per heavy atom. The van der Waals surface area contributed by atoms with Crippen molar-refractivity contribution in [3.63, 3.8) is 0 Å². The van der Waals surface area contributed by atoms with Crippen LogP contribution in [0.2, 0.25) is 0 Å². The summed E-state index contributed by atoms with van der Waals surface area (Å²) in [4.78, 5) is 16.0. The molecule has 1 amide bonds. The molecule has 1 N–H and O–H groups in total. The fourth-order valence-corrected chi connectivity index (χ4v) is 1.83. The van der Waals surface area contributed by atoms with E-state index in [-0.39, 0.29) is 11.9 Å². The standard InChI is InChI=1S/C13H16N2O/c1-10(11-6-3-2-4-7-11)15-13(16)12-8-5-9-14-12/h2-4,6-7,10H,5,8-9H2,1H3,(H,15,16)/t10-/m0/s1. The predicted octanol–water partition coefficient (Wildman–Crippen LogP) is 2.10. The highest BCUT2D eigenvalue weighted by Crippen LogP contribution is 2.12. The molecular weight excluding hydrogens is 200 g/mol. The monoisotopic (exact) mass is 216 g/mol. The Labute approximate surface area is 95.6 Å². The number of hydrogen-bond acceptors (Lipinski definition) is 2. The Morgan fingerprint density at radius 1 is 1.38 bits per heavy atom. The molecule has 0 unspecified atom stereocenters. The molecule has 0 aromatic heterocycles. The second-order valence-electron chi connectivity index (χ2n) is 4.04. The van der Waals surface area contributed by atoms with Crippen LogP contribution in [0.1, 0.15) is 31.4 Å². The van der Waals surface area contributed by atoms with Gasteiger partial charge in [-0.25, -0.2) is 0 Å². The van der Waals surface area contributed by atoms with Crippen molar-refractivity contribution in [1.29, 1.82) is 0 Å². The molecule has 1 aliphatic rings. The van der Waals surface area contributed by atoms with E-state index in [1.165, 1.54) is 0 Å². The molecule has 3 heteroatoms. The molecule has 1 aliphatic heterocycles. The zero-order valence-corrected chi connectivity index (χ0v) is 9.44. The first-order valence-electron chi connectivity index (χ1n) is 5.66. The van der Waals surface area contributed by atoms with Crippen molar-refractivity contribution in [3.8, 4) is 0 Å². The molecule has 0 radical (unpaired) electrons. The fraction of sp³-hybridized carbons (Fsp3) is 0.385. The first kappa shape index (κ1) is 10.9. The summed E-state index contributed by atoms with van der Waals surface area (Å²) in [6, 6.07) is 10.00. The Morgan fingerprint density at radius 2 is 2.12 bits per heavy atom. The van der Waals surface area contributed by atoms with Crippen molar-refractivity contribution < 1.29 is 4.79 Å². The quantitative estimate of drug-likeness (QED) is 0.826. The summed E-state index contributed by atoms with van der Waals surface area (Å²) in [5.74, 6) is -0.0196. The van der Waals surface area contributed by atoms with Gasteiger partial charge in [0.25, 0.3) is 5.91 Å². The van der Waals surface area contributed by atoms with Gasteiger partial charge in [-0.3, -0.25) is 9.79 Å². The largest absolute Gasteiger partial charge is 0.344 e. The second kappa shape index (κ2) is 4.92. The molecule has 16 heavy (non-hydrogen) atoms. The molecule has 1 heterocycles. The Kier molecular flexibility index (Phi) is 3.34. The van der Waals surface area contributed by atoms with E-state index in [1.54, 1.807) is 0 Å². The lowest BCUT2D eigenvalue weighted by Gasteiger charge is -2.13. The topological polar surface area (TPSA) is 41.5 Å². The number of nitrogens with one attached hydrogen (secondary N) is 1. The van der Waals surface area contributed by atoms with Gasteiger partial charge in [-0.15, -0.1) is 0 Å². The van der Waals surface area contributed by atoms with Crippen LogP contribution in [0.4, 0.5) is 0 Å². The maximum absolute atomic E-state index is 11.8. The molecule has 2 rings (SSSR count). The van der Waals surface area contributed by atoms with Crippen LogP contribution in [-0.4, -0.2) is 18.2 Å². The highest BCUT2D eigenvalue weighted by atomic mass is 16.1. The van der Waals surface area contributed by atoms with Gasteiger partial charge in [0, 0.05) is 6.54 Å². The minimum absolute atomic E-state index is 0.0196. The molecule has 84 valence electrons. The molecule has 3 nitrogen and oxygen atoms in total. The predicted molar refractivity (Wildman–Crippen MR) is 64.5 cm³/mol. The highest BCUT2D eigenvalue weighted by Gasteiger charge is 2.17. The van der Waals surface area contributed by atoms with Crippen LogP contribution in [0.25, 0.3) is 0 Å². The molecule has 1 aromatic rings. The van der Waals surface area contributed by atoms with E-state index in [1.807, 2.05) is 37.3 Å². The van der Waals surface area contributed by atoms with Crippen LogP contribution in [0.15, 0.2) is 35.3 Å². The van der Waals surface area contributed by atoms with Crippen LogP contribution in [-0.2, 0) is 4.79 Å². The van der Waals surface area contributed by atoms with Gasteiger partial charge in [0.15, 0.2) is 0 Å². The van der Waals surface area contributed by atoms with Crippen molar-refractivity contribution in [1.82, 2.24) is 5.32 Å². The molecule has 0 fully saturated rings. The molecule has 1 atom stereocenters. The lowest BCUT2D eigenvalue weighted by atomic mass is 10.1. The van der Waals surface area contributed by atoms with E-state index in [4.69, 9.17) is 0 Å². The third kappa shape index (κ3) is 2.48.